The number of hydrogen-bond acceptors (Lipinski definition) is 5. The van der Waals surface area contributed by atoms with Crippen LogP contribution in [0.1, 0.15) is 20.8 Å². The number of aromatic nitrogens is 2. The van der Waals surface area contributed by atoms with Crippen LogP contribution < -0.4 is 11.1 Å². The number of aliphatic carboxylic acids is 1. The van der Waals surface area contributed by atoms with Gasteiger partial charge in [-0.05, 0) is 38.1 Å². The first-order valence-electron chi connectivity index (χ1n) is 6.88. The number of nitrogens with zero attached hydrogens (tertiary/aromatic N) is 2. The molecule has 0 aliphatic heterocycles. The summed E-state index contributed by atoms with van der Waals surface area (Å²) < 4.78 is 0. The van der Waals surface area contributed by atoms with Gasteiger partial charge in [0.05, 0.1) is 11.4 Å². The summed E-state index contributed by atoms with van der Waals surface area (Å²) in [6, 6.07) is 7.06. The van der Waals surface area contributed by atoms with Crippen molar-refractivity contribution in [3.63, 3.8) is 0 Å². The highest BCUT2D eigenvalue weighted by Gasteiger charge is 2.02. The number of nitrogens with one attached hydrogen (secondary N) is 1. The molecule has 0 aromatic carbocycles. The van der Waals surface area contributed by atoms with E-state index in [1.807, 2.05) is 19.9 Å². The number of carboxylic acids is 1. The van der Waals surface area contributed by atoms with Crippen LogP contribution in [-0.2, 0) is 4.79 Å². The first-order chi connectivity index (χ1) is 11.5. The van der Waals surface area contributed by atoms with E-state index < -0.39 is 5.97 Å². The molecule has 6 nitrogen and oxygen atoms in total. The second kappa shape index (κ2) is 12.0. The van der Waals surface area contributed by atoms with E-state index in [9.17, 15) is 0 Å². The second-order valence-electron chi connectivity index (χ2n) is 4.80. The molecular formula is C15H18Cl4N4O2. The summed E-state index contributed by atoms with van der Waals surface area (Å²) >= 11 is 22.4. The van der Waals surface area contributed by atoms with Crippen LogP contribution in [-0.4, -0.2) is 27.1 Å². The van der Waals surface area contributed by atoms with Crippen molar-refractivity contribution < 1.29 is 9.90 Å². The van der Waals surface area contributed by atoms with E-state index in [1.165, 1.54) is 0 Å². The van der Waals surface area contributed by atoms with Gasteiger partial charge in [0.25, 0.3) is 5.97 Å². The van der Waals surface area contributed by atoms with Crippen molar-refractivity contribution in [2.45, 2.75) is 26.8 Å². The van der Waals surface area contributed by atoms with Crippen molar-refractivity contribution in [2.24, 2.45) is 0 Å². The van der Waals surface area contributed by atoms with Gasteiger partial charge in [0.1, 0.15) is 10.3 Å². The molecular weight excluding hydrogens is 410 g/mol. The topological polar surface area (TPSA) is 101 Å². The Hall–Kier alpha value is -1.47. The maximum atomic E-state index is 9.00. The lowest BCUT2D eigenvalue weighted by Gasteiger charge is -2.10. The van der Waals surface area contributed by atoms with Gasteiger partial charge in [0, 0.05) is 13.0 Å². The molecule has 0 saturated carbocycles. The second-order valence-corrected chi connectivity index (χ2v) is 6.29. The van der Waals surface area contributed by atoms with E-state index in [0.29, 0.717) is 27.2 Å². The van der Waals surface area contributed by atoms with Crippen LogP contribution >= 0.6 is 46.4 Å². The summed E-state index contributed by atoms with van der Waals surface area (Å²) in [4.78, 5) is 16.6. The Balaban J connectivity index is 0.000000391. The summed E-state index contributed by atoms with van der Waals surface area (Å²) in [5.41, 5.74) is 6.60. The molecule has 2 heterocycles. The average molecular weight is 428 g/mol. The van der Waals surface area contributed by atoms with Crippen LogP contribution in [0.2, 0.25) is 20.6 Å². The van der Waals surface area contributed by atoms with Crippen molar-refractivity contribution in [1.29, 1.82) is 0 Å². The Bertz CT molecular complexity index is 695. The molecule has 0 aliphatic rings. The zero-order valence-electron chi connectivity index (χ0n) is 13.7. The van der Waals surface area contributed by atoms with Crippen LogP contribution in [0.3, 0.4) is 0 Å². The van der Waals surface area contributed by atoms with Crippen LogP contribution in [0, 0.1) is 0 Å². The minimum atomic E-state index is -0.833. The van der Waals surface area contributed by atoms with Crippen molar-refractivity contribution in [1.82, 2.24) is 9.97 Å². The highest BCUT2D eigenvalue weighted by atomic mass is 35.5. The van der Waals surface area contributed by atoms with Gasteiger partial charge in [-0.2, -0.15) is 0 Å². The third-order valence-corrected chi connectivity index (χ3v) is 3.11. The van der Waals surface area contributed by atoms with Crippen molar-refractivity contribution in [3.8, 4) is 0 Å². The molecule has 0 radical (unpaired) electrons. The van der Waals surface area contributed by atoms with E-state index in [-0.39, 0.29) is 5.15 Å². The largest absolute Gasteiger partial charge is 0.481 e. The Morgan fingerprint density at radius 2 is 1.48 bits per heavy atom. The van der Waals surface area contributed by atoms with Gasteiger partial charge >= 0.3 is 0 Å². The van der Waals surface area contributed by atoms with Crippen LogP contribution in [0.25, 0.3) is 0 Å². The summed E-state index contributed by atoms with van der Waals surface area (Å²) in [5, 5.41) is 12.0. The van der Waals surface area contributed by atoms with E-state index in [1.54, 1.807) is 18.2 Å². The highest BCUT2D eigenvalue weighted by Crippen LogP contribution is 2.21. The number of rotatable bonds is 2. The number of anilines is 2. The Morgan fingerprint density at radius 3 is 1.84 bits per heavy atom. The minimum Gasteiger partial charge on any atom is -0.481 e. The molecule has 25 heavy (non-hydrogen) atoms. The molecule has 0 bridgehead atoms. The number of carbonyl (C=O) groups is 1. The summed E-state index contributed by atoms with van der Waals surface area (Å²) in [5.74, 6) is -0.833. The van der Waals surface area contributed by atoms with Gasteiger partial charge in [0.15, 0.2) is 10.3 Å². The lowest BCUT2D eigenvalue weighted by molar-refractivity contribution is -0.134. The lowest BCUT2D eigenvalue weighted by Crippen LogP contribution is -2.10. The fourth-order valence-corrected chi connectivity index (χ4v) is 2.00. The molecule has 2 aromatic heterocycles. The molecule has 0 atom stereocenters. The molecule has 0 spiro atoms. The third kappa shape index (κ3) is 11.7. The predicted octanol–water partition coefficient (Wildman–Crippen LogP) is 5.27. The predicted molar refractivity (Wildman–Crippen MR) is 105 cm³/mol. The third-order valence-electron chi connectivity index (χ3n) is 2.10. The van der Waals surface area contributed by atoms with Gasteiger partial charge in [-0.1, -0.05) is 46.4 Å². The van der Waals surface area contributed by atoms with Gasteiger partial charge in [-0.3, -0.25) is 4.79 Å². The van der Waals surface area contributed by atoms with Crippen LogP contribution in [0.15, 0.2) is 24.3 Å². The Labute approximate surface area is 166 Å². The number of hydrogen-bond donors (Lipinski definition) is 3. The first-order valence-corrected chi connectivity index (χ1v) is 8.39. The number of carboxylic acid groups (broad SMARTS) is 1. The summed E-state index contributed by atoms with van der Waals surface area (Å²) in [7, 11) is 0. The molecule has 0 aliphatic carbocycles. The smallest absolute Gasteiger partial charge is 0.300 e. The monoisotopic (exact) mass is 426 g/mol. The molecule has 10 heteroatoms. The van der Waals surface area contributed by atoms with Gasteiger partial charge in [0.2, 0.25) is 0 Å². The Kier molecular flexibility index (Phi) is 11.3. The van der Waals surface area contributed by atoms with E-state index in [4.69, 9.17) is 62.0 Å². The van der Waals surface area contributed by atoms with E-state index in [2.05, 4.69) is 15.3 Å². The number of nitrogens with two attached hydrogens (primary N) is 1. The van der Waals surface area contributed by atoms with Crippen LogP contribution in [0.4, 0.5) is 11.4 Å². The fourth-order valence-electron chi connectivity index (χ4n) is 1.25. The van der Waals surface area contributed by atoms with Crippen molar-refractivity contribution >= 4 is 63.7 Å². The summed E-state index contributed by atoms with van der Waals surface area (Å²) in [6.45, 7) is 5.15. The minimum absolute atomic E-state index is 0.252. The first kappa shape index (κ1) is 23.5. The lowest BCUT2D eigenvalue weighted by atomic mass is 10.3. The highest BCUT2D eigenvalue weighted by molar-refractivity contribution is 6.34. The average Bonchev–Trinajstić information content (AvgIpc) is 2.46. The summed E-state index contributed by atoms with van der Waals surface area (Å²) in [6.07, 6.45) is 0. The SMILES string of the molecule is CC(=O)O.CC(C)Nc1ccc(Cl)nc1Cl.Nc1ccc(Cl)nc1Cl. The van der Waals surface area contributed by atoms with Crippen molar-refractivity contribution in [2.75, 3.05) is 11.1 Å². The molecule has 4 N–H and O–H groups in total. The van der Waals surface area contributed by atoms with Crippen molar-refractivity contribution in [3.05, 3.63) is 44.9 Å². The van der Waals surface area contributed by atoms with Gasteiger partial charge in [-0.25, -0.2) is 9.97 Å². The molecule has 0 amide bonds. The van der Waals surface area contributed by atoms with E-state index >= 15 is 0 Å². The number of nitrogen functional groups attached to an aromatic ring is 1. The molecule has 0 saturated heterocycles. The normalized spacial score (nSPS) is 9.44. The number of halogens is 4. The number of pyridine rings is 2. The maximum Gasteiger partial charge on any atom is 0.300 e. The van der Waals surface area contributed by atoms with Gasteiger partial charge < -0.3 is 16.2 Å². The van der Waals surface area contributed by atoms with E-state index in [0.717, 1.165) is 12.6 Å². The molecule has 0 unspecified atom stereocenters. The van der Waals surface area contributed by atoms with Gasteiger partial charge in [-0.15, -0.1) is 0 Å². The maximum absolute atomic E-state index is 9.00. The zero-order valence-corrected chi connectivity index (χ0v) is 16.7. The molecule has 2 rings (SSSR count). The fraction of sp³-hybridized carbons (Fsp3) is 0.267. The van der Waals surface area contributed by atoms with Crippen LogP contribution in [0.5, 0.6) is 0 Å². The molecule has 138 valence electrons. The Morgan fingerprint density at radius 1 is 1.04 bits per heavy atom. The quantitative estimate of drug-likeness (QED) is 0.564. The standard InChI is InChI=1S/C8H10Cl2N2.C5H4Cl2N2.C2H4O2/c1-5(2)11-6-3-4-7(9)12-8(6)10;6-4-2-1-3(8)5(7)9-4;1-2(3)4/h3-5,11H,1-2H3;1-2H,8H2;1H3,(H,3,4). The molecule has 2 aromatic rings. The zero-order chi connectivity index (χ0) is 19.6. The molecule has 0 fully saturated rings.